The van der Waals surface area contributed by atoms with Crippen LogP contribution in [0.4, 0.5) is 0 Å². The van der Waals surface area contributed by atoms with E-state index >= 15 is 0 Å². The largest absolute Gasteiger partial charge is 0.312 e. The molecular weight excluding hydrogens is 242 g/mol. The summed E-state index contributed by atoms with van der Waals surface area (Å²) in [4.78, 5) is 9.04. The van der Waals surface area contributed by atoms with Crippen molar-refractivity contribution in [2.24, 2.45) is 0 Å². The van der Waals surface area contributed by atoms with Crippen LogP contribution >= 0.6 is 15.9 Å². The van der Waals surface area contributed by atoms with Gasteiger partial charge in [-0.05, 0) is 15.9 Å². The number of rotatable bonds is 1. The number of nitrogens with one attached hydrogen (secondary N) is 1. The van der Waals surface area contributed by atoms with Crippen LogP contribution in [0.5, 0.6) is 0 Å². The molecule has 0 radical (unpaired) electrons. The topological polar surface area (TPSA) is 37.8 Å². The van der Waals surface area contributed by atoms with E-state index in [2.05, 4.69) is 45.1 Å². The second kappa shape index (κ2) is 3.95. The van der Waals surface area contributed by atoms with Gasteiger partial charge in [0, 0.05) is 31.0 Å². The van der Waals surface area contributed by atoms with E-state index in [9.17, 15) is 0 Å². The Morgan fingerprint density at radius 3 is 2.86 bits per heavy atom. The number of hydrogen-bond acceptors (Lipinski definition) is 3. The van der Waals surface area contributed by atoms with Crippen molar-refractivity contribution in [2.45, 2.75) is 32.7 Å². The van der Waals surface area contributed by atoms with E-state index < -0.39 is 0 Å². The van der Waals surface area contributed by atoms with Gasteiger partial charge in [0.25, 0.3) is 0 Å². The van der Waals surface area contributed by atoms with Crippen LogP contribution in [0.1, 0.15) is 36.8 Å². The number of aromatic nitrogens is 2. The maximum Gasteiger partial charge on any atom is 0.132 e. The molecule has 0 bridgehead atoms. The van der Waals surface area contributed by atoms with Crippen molar-refractivity contribution >= 4 is 15.9 Å². The van der Waals surface area contributed by atoms with E-state index in [1.54, 1.807) is 0 Å². The maximum absolute atomic E-state index is 4.59. The molecule has 1 aromatic heterocycles. The third kappa shape index (κ3) is 1.81. The molecule has 0 fully saturated rings. The van der Waals surface area contributed by atoms with Crippen molar-refractivity contribution < 1.29 is 0 Å². The summed E-state index contributed by atoms with van der Waals surface area (Å²) < 4.78 is 0.957. The molecule has 1 aromatic rings. The molecule has 76 valence electrons. The van der Waals surface area contributed by atoms with Crippen LogP contribution in [-0.4, -0.2) is 16.5 Å². The highest BCUT2D eigenvalue weighted by atomic mass is 79.9. The van der Waals surface area contributed by atoms with Crippen molar-refractivity contribution in [2.75, 3.05) is 6.54 Å². The summed E-state index contributed by atoms with van der Waals surface area (Å²) in [6.45, 7) is 6.15. The Bertz CT molecular complexity index is 349. The molecule has 0 atom stereocenters. The molecule has 14 heavy (non-hydrogen) atoms. The summed E-state index contributed by atoms with van der Waals surface area (Å²) in [6.07, 6.45) is 1.01. The van der Waals surface area contributed by atoms with Gasteiger partial charge in [-0.15, -0.1) is 0 Å². The van der Waals surface area contributed by atoms with Crippen LogP contribution in [-0.2, 0) is 13.0 Å². The van der Waals surface area contributed by atoms with Crippen LogP contribution in [0.3, 0.4) is 0 Å². The first kappa shape index (κ1) is 10.1. The normalized spacial score (nSPS) is 15.7. The van der Waals surface area contributed by atoms with Gasteiger partial charge in [-0.1, -0.05) is 13.8 Å². The van der Waals surface area contributed by atoms with Crippen molar-refractivity contribution in [3.8, 4) is 0 Å². The quantitative estimate of drug-likeness (QED) is 0.781. The van der Waals surface area contributed by atoms with Gasteiger partial charge in [0.15, 0.2) is 0 Å². The van der Waals surface area contributed by atoms with Crippen LogP contribution < -0.4 is 5.32 Å². The number of halogens is 1. The molecule has 1 aliphatic heterocycles. The van der Waals surface area contributed by atoms with E-state index in [4.69, 9.17) is 0 Å². The molecule has 0 saturated carbocycles. The lowest BCUT2D eigenvalue weighted by Crippen LogP contribution is -2.26. The summed E-state index contributed by atoms with van der Waals surface area (Å²) >= 11 is 3.51. The minimum atomic E-state index is 0.395. The Balaban J connectivity index is 2.46. The SMILES string of the molecule is CC(C)c1nc(Br)c2c(n1)CCNC2. The zero-order chi connectivity index (χ0) is 10.1. The number of hydrogen-bond donors (Lipinski definition) is 1. The fraction of sp³-hybridized carbons (Fsp3) is 0.600. The van der Waals surface area contributed by atoms with Gasteiger partial charge < -0.3 is 5.32 Å². The van der Waals surface area contributed by atoms with Gasteiger partial charge in [-0.25, -0.2) is 9.97 Å². The predicted molar refractivity (Wildman–Crippen MR) is 59.2 cm³/mol. The standard InChI is InChI=1S/C10H14BrN3/c1-6(2)10-13-8-3-4-12-5-7(8)9(11)14-10/h6,12H,3-5H2,1-2H3. The Hall–Kier alpha value is -0.480. The summed E-state index contributed by atoms with van der Waals surface area (Å²) in [5, 5.41) is 3.32. The molecule has 0 spiro atoms. The first-order chi connectivity index (χ1) is 6.68. The third-order valence-electron chi connectivity index (χ3n) is 2.42. The summed E-state index contributed by atoms with van der Waals surface area (Å²) in [7, 11) is 0. The monoisotopic (exact) mass is 255 g/mol. The van der Waals surface area contributed by atoms with E-state index in [0.717, 1.165) is 29.9 Å². The average molecular weight is 256 g/mol. The Labute approximate surface area is 92.5 Å². The second-order valence-corrected chi connectivity index (χ2v) is 4.63. The molecule has 0 unspecified atom stereocenters. The minimum absolute atomic E-state index is 0.395. The first-order valence-corrected chi connectivity index (χ1v) is 5.73. The molecule has 2 rings (SSSR count). The van der Waals surface area contributed by atoms with Crippen LogP contribution in [0.25, 0.3) is 0 Å². The fourth-order valence-corrected chi connectivity index (χ4v) is 2.13. The van der Waals surface area contributed by atoms with Gasteiger partial charge in [0.05, 0.1) is 5.69 Å². The lowest BCUT2D eigenvalue weighted by molar-refractivity contribution is 0.609. The van der Waals surface area contributed by atoms with Crippen molar-refractivity contribution in [3.05, 3.63) is 21.7 Å². The minimum Gasteiger partial charge on any atom is -0.312 e. The molecular formula is C10H14BrN3. The molecule has 0 aromatic carbocycles. The summed E-state index contributed by atoms with van der Waals surface area (Å²) in [6, 6.07) is 0. The Morgan fingerprint density at radius 1 is 1.36 bits per heavy atom. The molecule has 3 nitrogen and oxygen atoms in total. The first-order valence-electron chi connectivity index (χ1n) is 4.94. The fourth-order valence-electron chi connectivity index (χ4n) is 1.58. The summed E-state index contributed by atoms with van der Waals surface area (Å²) in [5.74, 6) is 1.34. The predicted octanol–water partition coefficient (Wildman–Crippen LogP) is 2.01. The lowest BCUT2D eigenvalue weighted by Gasteiger charge is -2.18. The zero-order valence-corrected chi connectivity index (χ0v) is 10.1. The highest BCUT2D eigenvalue weighted by molar-refractivity contribution is 9.10. The van der Waals surface area contributed by atoms with E-state index in [0.29, 0.717) is 5.92 Å². The van der Waals surface area contributed by atoms with E-state index in [-0.39, 0.29) is 0 Å². The zero-order valence-electron chi connectivity index (χ0n) is 8.47. The molecule has 2 heterocycles. The van der Waals surface area contributed by atoms with E-state index in [1.807, 2.05) is 0 Å². The van der Waals surface area contributed by atoms with Crippen LogP contribution in [0, 0.1) is 0 Å². The molecule has 1 N–H and O–H groups in total. The second-order valence-electron chi connectivity index (χ2n) is 3.88. The van der Waals surface area contributed by atoms with Crippen molar-refractivity contribution in [1.82, 2.24) is 15.3 Å². The average Bonchev–Trinajstić information content (AvgIpc) is 2.17. The van der Waals surface area contributed by atoms with Gasteiger partial charge in [-0.2, -0.15) is 0 Å². The Kier molecular flexibility index (Phi) is 2.83. The van der Waals surface area contributed by atoms with Gasteiger partial charge in [-0.3, -0.25) is 0 Å². The molecule has 0 saturated heterocycles. The number of fused-ring (bicyclic) bond motifs is 1. The summed E-state index contributed by atoms with van der Waals surface area (Å²) in [5.41, 5.74) is 2.43. The van der Waals surface area contributed by atoms with Crippen LogP contribution in [0.2, 0.25) is 0 Å². The maximum atomic E-state index is 4.59. The van der Waals surface area contributed by atoms with Gasteiger partial charge in [0.2, 0.25) is 0 Å². The van der Waals surface area contributed by atoms with Crippen molar-refractivity contribution in [3.63, 3.8) is 0 Å². The van der Waals surface area contributed by atoms with Crippen LogP contribution in [0.15, 0.2) is 4.60 Å². The van der Waals surface area contributed by atoms with E-state index in [1.165, 1.54) is 11.3 Å². The highest BCUT2D eigenvalue weighted by Gasteiger charge is 2.16. The van der Waals surface area contributed by atoms with Gasteiger partial charge in [0.1, 0.15) is 10.4 Å². The lowest BCUT2D eigenvalue weighted by atomic mass is 10.1. The number of nitrogens with zero attached hydrogens (tertiary/aromatic N) is 2. The smallest absolute Gasteiger partial charge is 0.132 e. The molecule has 4 heteroatoms. The Morgan fingerprint density at radius 2 is 2.14 bits per heavy atom. The third-order valence-corrected chi connectivity index (χ3v) is 3.07. The van der Waals surface area contributed by atoms with Crippen molar-refractivity contribution in [1.29, 1.82) is 0 Å². The highest BCUT2D eigenvalue weighted by Crippen LogP contribution is 2.22. The van der Waals surface area contributed by atoms with Gasteiger partial charge >= 0.3 is 0 Å². The molecule has 1 aliphatic rings. The molecule has 0 amide bonds. The molecule has 0 aliphatic carbocycles.